The summed E-state index contributed by atoms with van der Waals surface area (Å²) < 4.78 is 4.88. The minimum Gasteiger partial charge on any atom is -0.463 e. The molecule has 0 aromatic heterocycles. The SMILES string of the molecule is CCOC(=O)/C(C)=C/C1(C)C(=O)c2ccccc2C1=O. The van der Waals surface area contributed by atoms with Crippen molar-refractivity contribution in [3.05, 3.63) is 47.0 Å². The van der Waals surface area contributed by atoms with Gasteiger partial charge in [0.25, 0.3) is 0 Å². The van der Waals surface area contributed by atoms with Gasteiger partial charge in [-0.25, -0.2) is 4.79 Å². The van der Waals surface area contributed by atoms with E-state index in [0.717, 1.165) is 0 Å². The normalized spacial score (nSPS) is 17.1. The fourth-order valence-corrected chi connectivity index (χ4v) is 2.41. The smallest absolute Gasteiger partial charge is 0.333 e. The molecule has 0 aliphatic heterocycles. The van der Waals surface area contributed by atoms with Gasteiger partial charge in [-0.05, 0) is 20.8 Å². The lowest BCUT2D eigenvalue weighted by Gasteiger charge is -2.16. The molecule has 0 atom stereocenters. The largest absolute Gasteiger partial charge is 0.463 e. The van der Waals surface area contributed by atoms with Crippen molar-refractivity contribution >= 4 is 17.5 Å². The third-order valence-electron chi connectivity index (χ3n) is 3.46. The van der Waals surface area contributed by atoms with Crippen LogP contribution in [0.2, 0.25) is 0 Å². The number of fused-ring (bicyclic) bond motifs is 1. The van der Waals surface area contributed by atoms with Gasteiger partial charge in [0.2, 0.25) is 0 Å². The highest BCUT2D eigenvalue weighted by molar-refractivity contribution is 6.30. The molecule has 0 saturated carbocycles. The summed E-state index contributed by atoms with van der Waals surface area (Å²) in [6, 6.07) is 6.71. The fraction of sp³-hybridized carbons (Fsp3) is 0.312. The Morgan fingerprint density at radius 1 is 1.20 bits per heavy atom. The van der Waals surface area contributed by atoms with Gasteiger partial charge in [-0.2, -0.15) is 0 Å². The molecule has 1 aromatic rings. The third-order valence-corrected chi connectivity index (χ3v) is 3.46. The average Bonchev–Trinajstić information content (AvgIpc) is 2.62. The second-order valence-corrected chi connectivity index (χ2v) is 4.95. The molecule has 0 saturated heterocycles. The predicted octanol–water partition coefficient (Wildman–Crippen LogP) is 2.58. The van der Waals surface area contributed by atoms with E-state index < -0.39 is 11.4 Å². The number of Topliss-reactive ketones (excluding diaryl/α,β-unsaturated/α-hetero) is 2. The Hall–Kier alpha value is -2.23. The summed E-state index contributed by atoms with van der Waals surface area (Å²) in [6.45, 7) is 5.05. The molecule has 0 fully saturated rings. The summed E-state index contributed by atoms with van der Waals surface area (Å²) in [7, 11) is 0. The van der Waals surface area contributed by atoms with Crippen molar-refractivity contribution in [3.63, 3.8) is 0 Å². The van der Waals surface area contributed by atoms with Gasteiger partial charge in [0.1, 0.15) is 5.41 Å². The zero-order chi connectivity index (χ0) is 14.9. The maximum absolute atomic E-state index is 12.4. The first-order valence-corrected chi connectivity index (χ1v) is 6.47. The Labute approximate surface area is 117 Å². The number of hydrogen-bond donors (Lipinski definition) is 0. The fourth-order valence-electron chi connectivity index (χ4n) is 2.41. The van der Waals surface area contributed by atoms with Crippen molar-refractivity contribution in [3.8, 4) is 0 Å². The van der Waals surface area contributed by atoms with Gasteiger partial charge in [-0.3, -0.25) is 9.59 Å². The summed E-state index contributed by atoms with van der Waals surface area (Å²) >= 11 is 0. The van der Waals surface area contributed by atoms with Crippen molar-refractivity contribution in [1.29, 1.82) is 0 Å². The zero-order valence-corrected chi connectivity index (χ0v) is 11.7. The molecule has 1 aromatic carbocycles. The van der Waals surface area contributed by atoms with Crippen molar-refractivity contribution in [2.24, 2.45) is 5.41 Å². The Kier molecular flexibility index (Phi) is 3.57. The molecule has 1 aliphatic carbocycles. The third kappa shape index (κ3) is 2.07. The second kappa shape index (κ2) is 5.04. The lowest BCUT2D eigenvalue weighted by Crippen LogP contribution is -2.28. The first kappa shape index (κ1) is 14.2. The number of ketones is 2. The Morgan fingerprint density at radius 3 is 2.15 bits per heavy atom. The zero-order valence-electron chi connectivity index (χ0n) is 11.7. The molecule has 0 radical (unpaired) electrons. The Balaban J connectivity index is 2.43. The van der Waals surface area contributed by atoms with E-state index in [-0.39, 0.29) is 23.7 Å². The second-order valence-electron chi connectivity index (χ2n) is 4.95. The lowest BCUT2D eigenvalue weighted by atomic mass is 9.83. The Bertz CT molecular complexity index is 590. The molecular weight excluding hydrogens is 256 g/mol. The molecule has 4 heteroatoms. The van der Waals surface area contributed by atoms with Crippen LogP contribution in [0.5, 0.6) is 0 Å². The van der Waals surface area contributed by atoms with Crippen LogP contribution < -0.4 is 0 Å². The summed E-state index contributed by atoms with van der Waals surface area (Å²) in [6.07, 6.45) is 1.41. The Morgan fingerprint density at radius 2 is 1.70 bits per heavy atom. The van der Waals surface area contributed by atoms with E-state index in [1.54, 1.807) is 45.0 Å². The minimum atomic E-state index is -1.32. The first-order valence-electron chi connectivity index (χ1n) is 6.47. The highest BCUT2D eigenvalue weighted by atomic mass is 16.5. The molecule has 0 spiro atoms. The molecular formula is C16H16O4. The summed E-state index contributed by atoms with van der Waals surface area (Å²) in [5.74, 6) is -1.06. The van der Waals surface area contributed by atoms with E-state index in [0.29, 0.717) is 11.1 Å². The van der Waals surface area contributed by atoms with E-state index in [9.17, 15) is 14.4 Å². The van der Waals surface area contributed by atoms with Crippen LogP contribution in [-0.4, -0.2) is 24.1 Å². The monoisotopic (exact) mass is 272 g/mol. The molecule has 0 N–H and O–H groups in total. The number of esters is 1. The molecule has 20 heavy (non-hydrogen) atoms. The minimum absolute atomic E-state index is 0.253. The van der Waals surface area contributed by atoms with Gasteiger partial charge in [-0.1, -0.05) is 30.3 Å². The average molecular weight is 272 g/mol. The van der Waals surface area contributed by atoms with E-state index >= 15 is 0 Å². The number of carbonyl (C=O) groups excluding carboxylic acids is 3. The van der Waals surface area contributed by atoms with Gasteiger partial charge in [0.05, 0.1) is 6.61 Å². The number of carbonyl (C=O) groups is 3. The molecule has 2 rings (SSSR count). The number of rotatable bonds is 3. The van der Waals surface area contributed by atoms with Crippen LogP contribution in [0, 0.1) is 5.41 Å². The predicted molar refractivity (Wildman–Crippen MR) is 73.6 cm³/mol. The van der Waals surface area contributed by atoms with Gasteiger partial charge in [0, 0.05) is 16.7 Å². The van der Waals surface area contributed by atoms with E-state index in [2.05, 4.69) is 0 Å². The summed E-state index contributed by atoms with van der Waals surface area (Å²) in [5.41, 5.74) is -0.231. The van der Waals surface area contributed by atoms with Crippen LogP contribution in [0.15, 0.2) is 35.9 Å². The van der Waals surface area contributed by atoms with E-state index in [1.165, 1.54) is 6.08 Å². The molecule has 0 heterocycles. The maximum atomic E-state index is 12.4. The van der Waals surface area contributed by atoms with Crippen LogP contribution >= 0.6 is 0 Å². The molecule has 0 unspecified atom stereocenters. The topological polar surface area (TPSA) is 60.4 Å². The molecule has 104 valence electrons. The van der Waals surface area contributed by atoms with Crippen LogP contribution in [0.4, 0.5) is 0 Å². The molecule has 4 nitrogen and oxygen atoms in total. The van der Waals surface area contributed by atoms with Crippen molar-refractivity contribution < 1.29 is 19.1 Å². The van der Waals surface area contributed by atoms with Crippen molar-refractivity contribution in [1.82, 2.24) is 0 Å². The van der Waals surface area contributed by atoms with Crippen LogP contribution in [0.25, 0.3) is 0 Å². The number of benzene rings is 1. The van der Waals surface area contributed by atoms with Gasteiger partial charge in [-0.15, -0.1) is 0 Å². The van der Waals surface area contributed by atoms with Crippen molar-refractivity contribution in [2.75, 3.05) is 6.61 Å². The van der Waals surface area contributed by atoms with Gasteiger partial charge < -0.3 is 4.74 Å². The van der Waals surface area contributed by atoms with Gasteiger partial charge >= 0.3 is 5.97 Å². The quantitative estimate of drug-likeness (QED) is 0.482. The van der Waals surface area contributed by atoms with Crippen molar-refractivity contribution in [2.45, 2.75) is 20.8 Å². The van der Waals surface area contributed by atoms with E-state index in [1.807, 2.05) is 0 Å². The van der Waals surface area contributed by atoms with Crippen LogP contribution in [0.1, 0.15) is 41.5 Å². The molecule has 0 bridgehead atoms. The lowest BCUT2D eigenvalue weighted by molar-refractivity contribution is -0.138. The summed E-state index contributed by atoms with van der Waals surface area (Å²) in [5, 5.41) is 0. The highest BCUT2D eigenvalue weighted by Crippen LogP contribution is 2.38. The first-order chi connectivity index (χ1) is 9.41. The standard InChI is InChI=1S/C16H16O4/c1-4-20-15(19)10(2)9-16(3)13(17)11-7-5-6-8-12(11)14(16)18/h5-9H,4H2,1-3H3/b10-9+. The maximum Gasteiger partial charge on any atom is 0.333 e. The van der Waals surface area contributed by atoms with Crippen LogP contribution in [0.3, 0.4) is 0 Å². The van der Waals surface area contributed by atoms with Crippen LogP contribution in [-0.2, 0) is 9.53 Å². The van der Waals surface area contributed by atoms with E-state index in [4.69, 9.17) is 4.74 Å². The summed E-state index contributed by atoms with van der Waals surface area (Å²) in [4.78, 5) is 36.5. The molecule has 0 amide bonds. The molecule has 1 aliphatic rings. The number of ether oxygens (including phenoxy) is 1. The highest BCUT2D eigenvalue weighted by Gasteiger charge is 2.47. The number of allylic oxidation sites excluding steroid dienone is 1. The van der Waals surface area contributed by atoms with Gasteiger partial charge in [0.15, 0.2) is 11.6 Å². The number of hydrogen-bond acceptors (Lipinski definition) is 4.